The molecule has 3 aromatic carbocycles. The van der Waals surface area contributed by atoms with Gasteiger partial charge in [0, 0.05) is 12.2 Å². The van der Waals surface area contributed by atoms with Crippen LogP contribution >= 0.6 is 11.8 Å². The van der Waals surface area contributed by atoms with Gasteiger partial charge in [0.25, 0.3) is 5.91 Å². The predicted octanol–water partition coefficient (Wildman–Crippen LogP) is 4.26. The van der Waals surface area contributed by atoms with E-state index in [0.29, 0.717) is 23.3 Å². The SMILES string of the molecule is Cc1cccc(-n2c(CNC(=O)COc3ccccc3)nnc2SCC(=O)N2CCc3ccccc32)c1C. The second-order valence-electron chi connectivity index (χ2n) is 9.04. The largest absolute Gasteiger partial charge is 0.484 e. The van der Waals surface area contributed by atoms with Crippen LogP contribution in [-0.4, -0.2) is 45.5 Å². The molecule has 0 saturated heterocycles. The van der Waals surface area contributed by atoms with E-state index in [2.05, 4.69) is 21.6 Å². The first kappa shape index (κ1) is 25.5. The van der Waals surface area contributed by atoms with Gasteiger partial charge in [0.15, 0.2) is 17.6 Å². The van der Waals surface area contributed by atoms with Crippen LogP contribution in [0.3, 0.4) is 0 Å². The molecule has 9 heteroatoms. The molecule has 0 bridgehead atoms. The summed E-state index contributed by atoms with van der Waals surface area (Å²) in [5, 5.41) is 12.3. The average molecular weight is 528 g/mol. The van der Waals surface area contributed by atoms with Gasteiger partial charge in [-0.05, 0) is 61.2 Å². The van der Waals surface area contributed by atoms with E-state index in [9.17, 15) is 9.59 Å². The minimum Gasteiger partial charge on any atom is -0.484 e. The number of aromatic nitrogens is 3. The first-order valence-electron chi connectivity index (χ1n) is 12.5. The van der Waals surface area contributed by atoms with Gasteiger partial charge in [-0.2, -0.15) is 0 Å². The second kappa shape index (κ2) is 11.5. The highest BCUT2D eigenvalue weighted by Gasteiger charge is 2.25. The molecule has 1 aromatic heterocycles. The van der Waals surface area contributed by atoms with Gasteiger partial charge in [0.05, 0.1) is 18.0 Å². The number of fused-ring (bicyclic) bond motifs is 1. The molecule has 5 rings (SSSR count). The van der Waals surface area contributed by atoms with Crippen molar-refractivity contribution in [1.29, 1.82) is 0 Å². The number of hydrogen-bond donors (Lipinski definition) is 1. The fraction of sp³-hybridized carbons (Fsp3) is 0.241. The number of para-hydroxylation sites is 2. The monoisotopic (exact) mass is 527 g/mol. The quantitative estimate of drug-likeness (QED) is 0.327. The Labute approximate surface area is 226 Å². The van der Waals surface area contributed by atoms with Gasteiger partial charge < -0.3 is 15.0 Å². The Morgan fingerprint density at radius 2 is 1.71 bits per heavy atom. The number of hydrogen-bond acceptors (Lipinski definition) is 6. The molecule has 1 aliphatic heterocycles. The molecule has 0 aliphatic carbocycles. The van der Waals surface area contributed by atoms with Crippen molar-refractivity contribution >= 4 is 29.3 Å². The molecular formula is C29H29N5O3S. The van der Waals surface area contributed by atoms with Crippen LogP contribution in [0, 0.1) is 13.8 Å². The Hall–Kier alpha value is -4.11. The maximum absolute atomic E-state index is 13.1. The molecule has 2 heterocycles. The summed E-state index contributed by atoms with van der Waals surface area (Å²) in [7, 11) is 0. The lowest BCUT2D eigenvalue weighted by atomic mass is 10.1. The van der Waals surface area contributed by atoms with Crippen LogP contribution in [0.1, 0.15) is 22.5 Å². The van der Waals surface area contributed by atoms with Crippen LogP contribution < -0.4 is 15.0 Å². The highest BCUT2D eigenvalue weighted by molar-refractivity contribution is 7.99. The van der Waals surface area contributed by atoms with Crippen LogP contribution in [-0.2, 0) is 22.6 Å². The maximum atomic E-state index is 13.1. The molecule has 8 nitrogen and oxygen atoms in total. The summed E-state index contributed by atoms with van der Waals surface area (Å²) in [6.07, 6.45) is 0.864. The van der Waals surface area contributed by atoms with Crippen LogP contribution in [0.15, 0.2) is 78.0 Å². The van der Waals surface area contributed by atoms with Crippen molar-refractivity contribution in [2.45, 2.75) is 32.0 Å². The molecule has 0 unspecified atom stereocenters. The van der Waals surface area contributed by atoms with Gasteiger partial charge in [-0.1, -0.05) is 60.3 Å². The fourth-order valence-electron chi connectivity index (χ4n) is 4.42. The molecule has 0 spiro atoms. The first-order chi connectivity index (χ1) is 18.5. The molecule has 0 radical (unpaired) electrons. The number of ether oxygens (including phenoxy) is 1. The lowest BCUT2D eigenvalue weighted by molar-refractivity contribution is -0.123. The van der Waals surface area contributed by atoms with E-state index < -0.39 is 0 Å². The smallest absolute Gasteiger partial charge is 0.258 e. The molecule has 1 N–H and O–H groups in total. The number of benzene rings is 3. The Bertz CT molecular complexity index is 1450. The van der Waals surface area contributed by atoms with E-state index >= 15 is 0 Å². The standard InChI is InChI=1S/C29H29N5O3S/c1-20-9-8-14-24(21(20)2)34-26(17-30-27(35)18-37-23-11-4-3-5-12-23)31-32-29(34)38-19-28(36)33-16-15-22-10-6-7-13-25(22)33/h3-14H,15-19H2,1-2H3,(H,30,35). The Morgan fingerprint density at radius 3 is 2.55 bits per heavy atom. The fourth-order valence-corrected chi connectivity index (χ4v) is 5.26. The first-order valence-corrected chi connectivity index (χ1v) is 13.5. The zero-order valence-electron chi connectivity index (χ0n) is 21.4. The summed E-state index contributed by atoms with van der Waals surface area (Å²) >= 11 is 1.35. The highest BCUT2D eigenvalue weighted by Crippen LogP contribution is 2.30. The molecule has 0 fully saturated rings. The summed E-state index contributed by atoms with van der Waals surface area (Å²) < 4.78 is 7.48. The number of carbonyl (C=O) groups is 2. The van der Waals surface area contributed by atoms with E-state index in [-0.39, 0.29) is 30.7 Å². The number of anilines is 1. The normalized spacial score (nSPS) is 12.3. The summed E-state index contributed by atoms with van der Waals surface area (Å²) in [5.74, 6) is 1.21. The third-order valence-electron chi connectivity index (χ3n) is 6.59. The minimum atomic E-state index is -0.263. The van der Waals surface area contributed by atoms with E-state index in [0.717, 1.165) is 28.9 Å². The topological polar surface area (TPSA) is 89.4 Å². The number of nitrogens with one attached hydrogen (secondary N) is 1. The van der Waals surface area contributed by atoms with E-state index in [1.54, 1.807) is 12.1 Å². The molecule has 38 heavy (non-hydrogen) atoms. The Kier molecular flexibility index (Phi) is 7.74. The Morgan fingerprint density at radius 1 is 0.947 bits per heavy atom. The number of nitrogens with zero attached hydrogens (tertiary/aromatic N) is 4. The van der Waals surface area contributed by atoms with Gasteiger partial charge in [0.1, 0.15) is 5.75 Å². The zero-order chi connectivity index (χ0) is 26.5. The van der Waals surface area contributed by atoms with E-state index in [1.807, 2.05) is 77.9 Å². The Balaban J connectivity index is 1.31. The molecule has 0 atom stereocenters. The summed E-state index contributed by atoms with van der Waals surface area (Å²) in [4.78, 5) is 27.5. The van der Waals surface area contributed by atoms with Crippen molar-refractivity contribution < 1.29 is 14.3 Å². The molecule has 4 aromatic rings. The van der Waals surface area contributed by atoms with Gasteiger partial charge >= 0.3 is 0 Å². The molecule has 2 amide bonds. The lowest BCUT2D eigenvalue weighted by Gasteiger charge is -2.18. The van der Waals surface area contributed by atoms with Crippen LogP contribution in [0.4, 0.5) is 5.69 Å². The van der Waals surface area contributed by atoms with Crippen molar-refractivity contribution in [1.82, 2.24) is 20.1 Å². The number of thioether (sulfide) groups is 1. The van der Waals surface area contributed by atoms with Crippen LogP contribution in [0.2, 0.25) is 0 Å². The maximum Gasteiger partial charge on any atom is 0.258 e. The van der Waals surface area contributed by atoms with Gasteiger partial charge in [-0.25, -0.2) is 0 Å². The van der Waals surface area contributed by atoms with Crippen molar-refractivity contribution in [3.05, 3.63) is 95.3 Å². The average Bonchev–Trinajstić information content (AvgIpc) is 3.56. The number of carbonyl (C=O) groups excluding carboxylic acids is 2. The van der Waals surface area contributed by atoms with Gasteiger partial charge in [-0.15, -0.1) is 10.2 Å². The van der Waals surface area contributed by atoms with Crippen molar-refractivity contribution in [3.63, 3.8) is 0 Å². The van der Waals surface area contributed by atoms with Gasteiger partial charge in [0.2, 0.25) is 5.91 Å². The third kappa shape index (κ3) is 5.57. The zero-order valence-corrected chi connectivity index (χ0v) is 22.2. The number of aryl methyl sites for hydroxylation is 1. The minimum absolute atomic E-state index is 0.0309. The predicted molar refractivity (Wildman–Crippen MR) is 148 cm³/mol. The number of rotatable bonds is 9. The molecular weight excluding hydrogens is 498 g/mol. The summed E-state index contributed by atoms with van der Waals surface area (Å²) in [6, 6.07) is 23.2. The second-order valence-corrected chi connectivity index (χ2v) is 9.99. The summed E-state index contributed by atoms with van der Waals surface area (Å²) in [6.45, 7) is 4.85. The van der Waals surface area contributed by atoms with Crippen molar-refractivity contribution in [3.8, 4) is 11.4 Å². The number of amides is 2. The lowest BCUT2D eigenvalue weighted by Crippen LogP contribution is -2.30. The van der Waals surface area contributed by atoms with Crippen molar-refractivity contribution in [2.24, 2.45) is 0 Å². The van der Waals surface area contributed by atoms with Crippen LogP contribution in [0.5, 0.6) is 5.75 Å². The van der Waals surface area contributed by atoms with Crippen LogP contribution in [0.25, 0.3) is 5.69 Å². The highest BCUT2D eigenvalue weighted by atomic mass is 32.2. The van der Waals surface area contributed by atoms with E-state index in [4.69, 9.17) is 4.74 Å². The third-order valence-corrected chi connectivity index (χ3v) is 7.50. The van der Waals surface area contributed by atoms with Gasteiger partial charge in [-0.3, -0.25) is 14.2 Å². The molecule has 0 saturated carbocycles. The van der Waals surface area contributed by atoms with Crippen molar-refractivity contribution in [2.75, 3.05) is 23.8 Å². The molecule has 194 valence electrons. The molecule has 1 aliphatic rings. The summed E-state index contributed by atoms with van der Waals surface area (Å²) in [5.41, 5.74) is 5.30. The van der Waals surface area contributed by atoms with E-state index in [1.165, 1.54) is 17.3 Å².